The number of hydrogen-bond donors (Lipinski definition) is 1. The molecule has 0 aliphatic rings. The molecule has 2 aromatic carbocycles. The van der Waals surface area contributed by atoms with Gasteiger partial charge < -0.3 is 10.1 Å². The van der Waals surface area contributed by atoms with Gasteiger partial charge in [-0.3, -0.25) is 4.79 Å². The monoisotopic (exact) mass is 650 g/mol. The lowest BCUT2D eigenvalue weighted by Gasteiger charge is -2.12. The molecule has 0 radical (unpaired) electrons. The van der Waals surface area contributed by atoms with Gasteiger partial charge in [0.15, 0.2) is 0 Å². The molecule has 0 aliphatic heterocycles. The molecular formula is C20H17BrI2N2O2. The van der Waals surface area contributed by atoms with E-state index in [1.807, 2.05) is 56.3 Å². The lowest BCUT2D eigenvalue weighted by Crippen LogP contribution is -2.30. The van der Waals surface area contributed by atoms with Gasteiger partial charge in [0.05, 0.1) is 7.14 Å². The molecule has 0 aliphatic carbocycles. The first-order valence-electron chi connectivity index (χ1n) is 8.09. The SMILES string of the molecule is CC(C)NC(=O)/C(C#N)=C\c1cc(I)c(OCc2ccc(Br)cc2)c(I)c1. The number of nitriles is 1. The largest absolute Gasteiger partial charge is 0.487 e. The average Bonchev–Trinajstić information content (AvgIpc) is 2.59. The third kappa shape index (κ3) is 6.76. The van der Waals surface area contributed by atoms with E-state index in [0.717, 1.165) is 28.5 Å². The van der Waals surface area contributed by atoms with E-state index in [1.165, 1.54) is 0 Å². The Labute approximate surface area is 194 Å². The molecular weight excluding hydrogens is 634 g/mol. The quantitative estimate of drug-likeness (QED) is 0.249. The van der Waals surface area contributed by atoms with Crippen LogP contribution in [0.5, 0.6) is 5.75 Å². The van der Waals surface area contributed by atoms with Crippen molar-refractivity contribution in [3.8, 4) is 11.8 Å². The maximum Gasteiger partial charge on any atom is 0.262 e. The molecule has 0 spiro atoms. The van der Waals surface area contributed by atoms with Crippen LogP contribution in [0.15, 0.2) is 46.4 Å². The zero-order valence-corrected chi connectivity index (χ0v) is 20.6. The van der Waals surface area contributed by atoms with E-state index in [4.69, 9.17) is 4.74 Å². The number of nitrogens with one attached hydrogen (secondary N) is 1. The van der Waals surface area contributed by atoms with Gasteiger partial charge in [0.25, 0.3) is 5.91 Å². The second-order valence-electron chi connectivity index (χ2n) is 6.03. The highest BCUT2D eigenvalue weighted by Crippen LogP contribution is 2.30. The third-order valence-corrected chi connectivity index (χ3v) is 5.54. The maximum atomic E-state index is 12.1. The molecule has 1 amide bonds. The van der Waals surface area contributed by atoms with Crippen LogP contribution in [0, 0.1) is 18.5 Å². The summed E-state index contributed by atoms with van der Waals surface area (Å²) in [6, 6.07) is 13.7. The standard InChI is InChI=1S/C20H17BrI2N2O2/c1-12(2)25-20(26)15(10-24)7-14-8-17(22)19(18(23)9-14)27-11-13-3-5-16(21)6-4-13/h3-9,12H,11H2,1-2H3,(H,25,26)/b15-7-. The zero-order chi connectivity index (χ0) is 20.0. The fourth-order valence-corrected chi connectivity index (χ4v) is 4.58. The fraction of sp³-hybridized carbons (Fsp3) is 0.200. The van der Waals surface area contributed by atoms with Crippen molar-refractivity contribution in [2.24, 2.45) is 0 Å². The minimum Gasteiger partial charge on any atom is -0.487 e. The molecule has 7 heteroatoms. The van der Waals surface area contributed by atoms with Crippen LogP contribution in [0.4, 0.5) is 0 Å². The van der Waals surface area contributed by atoms with Crippen molar-refractivity contribution < 1.29 is 9.53 Å². The molecule has 2 rings (SSSR count). The number of nitrogens with zero attached hydrogens (tertiary/aromatic N) is 1. The van der Waals surface area contributed by atoms with Crippen molar-refractivity contribution in [3.05, 3.63) is 64.7 Å². The third-order valence-electron chi connectivity index (χ3n) is 3.41. The van der Waals surface area contributed by atoms with Gasteiger partial charge in [0, 0.05) is 10.5 Å². The van der Waals surface area contributed by atoms with E-state index in [0.29, 0.717) is 6.61 Å². The molecule has 0 bridgehead atoms. The summed E-state index contributed by atoms with van der Waals surface area (Å²) in [5, 5.41) is 12.0. The highest BCUT2D eigenvalue weighted by atomic mass is 127. The van der Waals surface area contributed by atoms with Gasteiger partial charge in [0.1, 0.15) is 24.0 Å². The predicted molar refractivity (Wildman–Crippen MR) is 127 cm³/mol. The number of halogens is 3. The zero-order valence-electron chi connectivity index (χ0n) is 14.7. The smallest absolute Gasteiger partial charge is 0.262 e. The summed E-state index contributed by atoms with van der Waals surface area (Å²) >= 11 is 7.83. The molecule has 0 aromatic heterocycles. The van der Waals surface area contributed by atoms with Gasteiger partial charge >= 0.3 is 0 Å². The van der Waals surface area contributed by atoms with E-state index in [1.54, 1.807) is 6.08 Å². The van der Waals surface area contributed by atoms with E-state index in [2.05, 4.69) is 66.4 Å². The number of benzene rings is 2. The normalized spacial score (nSPS) is 11.2. The molecule has 1 N–H and O–H groups in total. The average molecular weight is 651 g/mol. The van der Waals surface area contributed by atoms with Crippen LogP contribution in [0.3, 0.4) is 0 Å². The lowest BCUT2D eigenvalue weighted by atomic mass is 10.1. The number of amides is 1. The van der Waals surface area contributed by atoms with Crippen molar-refractivity contribution in [1.29, 1.82) is 5.26 Å². The van der Waals surface area contributed by atoms with Crippen molar-refractivity contribution in [3.63, 3.8) is 0 Å². The number of rotatable bonds is 6. The second-order valence-corrected chi connectivity index (χ2v) is 9.27. The summed E-state index contributed by atoms with van der Waals surface area (Å²) in [7, 11) is 0. The van der Waals surface area contributed by atoms with Gasteiger partial charge in [-0.05, 0) is 100 Å². The van der Waals surface area contributed by atoms with E-state index < -0.39 is 0 Å². The van der Waals surface area contributed by atoms with Crippen LogP contribution in [0.1, 0.15) is 25.0 Å². The number of carbonyl (C=O) groups is 1. The highest BCUT2D eigenvalue weighted by molar-refractivity contribution is 14.1. The van der Waals surface area contributed by atoms with E-state index in [-0.39, 0.29) is 17.5 Å². The van der Waals surface area contributed by atoms with Crippen LogP contribution in [0.2, 0.25) is 0 Å². The summed E-state index contributed by atoms with van der Waals surface area (Å²) in [6.45, 7) is 4.18. The van der Waals surface area contributed by atoms with Gasteiger partial charge in [-0.25, -0.2) is 0 Å². The summed E-state index contributed by atoms with van der Waals surface area (Å²) in [4.78, 5) is 12.1. The Bertz CT molecular complexity index is 880. The van der Waals surface area contributed by atoms with Crippen LogP contribution in [-0.4, -0.2) is 11.9 Å². The first kappa shape index (κ1) is 22.2. The minimum absolute atomic E-state index is 0.0242. The minimum atomic E-state index is -0.368. The molecule has 0 fully saturated rings. The fourth-order valence-electron chi connectivity index (χ4n) is 2.19. The Balaban J connectivity index is 2.20. The molecule has 4 nitrogen and oxygen atoms in total. The van der Waals surface area contributed by atoms with Gasteiger partial charge in [-0.1, -0.05) is 28.1 Å². The Morgan fingerprint density at radius 1 is 1.26 bits per heavy atom. The number of ether oxygens (including phenoxy) is 1. The van der Waals surface area contributed by atoms with Crippen LogP contribution >= 0.6 is 61.1 Å². The topological polar surface area (TPSA) is 62.1 Å². The molecule has 27 heavy (non-hydrogen) atoms. The number of hydrogen-bond acceptors (Lipinski definition) is 3. The summed E-state index contributed by atoms with van der Waals surface area (Å²) < 4.78 is 8.86. The van der Waals surface area contributed by atoms with Crippen LogP contribution in [-0.2, 0) is 11.4 Å². The van der Waals surface area contributed by atoms with Crippen molar-refractivity contribution in [2.45, 2.75) is 26.5 Å². The molecule has 0 heterocycles. The molecule has 0 saturated carbocycles. The van der Waals surface area contributed by atoms with E-state index >= 15 is 0 Å². The first-order valence-corrected chi connectivity index (χ1v) is 11.0. The van der Waals surface area contributed by atoms with Gasteiger partial charge in [-0.15, -0.1) is 0 Å². The summed E-state index contributed by atoms with van der Waals surface area (Å²) in [6.07, 6.45) is 1.60. The molecule has 0 atom stereocenters. The van der Waals surface area contributed by atoms with Crippen molar-refractivity contribution >= 4 is 73.1 Å². The highest BCUT2D eigenvalue weighted by Gasteiger charge is 2.13. The Hall–Kier alpha value is -1.12. The predicted octanol–water partition coefficient (Wildman–Crippen LogP) is 5.67. The molecule has 0 saturated heterocycles. The first-order chi connectivity index (χ1) is 12.8. The Morgan fingerprint density at radius 2 is 1.85 bits per heavy atom. The Morgan fingerprint density at radius 3 is 2.37 bits per heavy atom. The van der Waals surface area contributed by atoms with Gasteiger partial charge in [-0.2, -0.15) is 5.26 Å². The lowest BCUT2D eigenvalue weighted by molar-refractivity contribution is -0.117. The summed E-state index contributed by atoms with van der Waals surface area (Å²) in [5.74, 6) is 0.425. The number of carbonyl (C=O) groups excluding carboxylic acids is 1. The molecule has 2 aromatic rings. The van der Waals surface area contributed by atoms with Crippen molar-refractivity contribution in [1.82, 2.24) is 5.32 Å². The molecule has 0 unspecified atom stereocenters. The molecule has 140 valence electrons. The van der Waals surface area contributed by atoms with Gasteiger partial charge in [0.2, 0.25) is 0 Å². The summed E-state index contributed by atoms with van der Waals surface area (Å²) in [5.41, 5.74) is 1.94. The van der Waals surface area contributed by atoms with Crippen LogP contribution < -0.4 is 10.1 Å². The Kier molecular flexibility index (Phi) is 8.57. The van der Waals surface area contributed by atoms with Crippen LogP contribution in [0.25, 0.3) is 6.08 Å². The van der Waals surface area contributed by atoms with E-state index in [9.17, 15) is 10.1 Å². The van der Waals surface area contributed by atoms with Crippen molar-refractivity contribution in [2.75, 3.05) is 0 Å². The maximum absolute atomic E-state index is 12.1. The second kappa shape index (κ2) is 10.4.